The van der Waals surface area contributed by atoms with Crippen LogP contribution in [0.5, 0.6) is 0 Å². The zero-order chi connectivity index (χ0) is 15.6. The zero-order valence-electron chi connectivity index (χ0n) is 13.0. The second-order valence-electron chi connectivity index (χ2n) is 5.78. The summed E-state index contributed by atoms with van der Waals surface area (Å²) in [5.41, 5.74) is 3.74. The fourth-order valence-electron chi connectivity index (χ4n) is 2.41. The number of para-hydroxylation sites is 1. The predicted molar refractivity (Wildman–Crippen MR) is 83.6 cm³/mol. The van der Waals surface area contributed by atoms with Gasteiger partial charge in [-0.05, 0) is 26.0 Å². The number of carbonyl (C=O) groups is 1. The summed E-state index contributed by atoms with van der Waals surface area (Å²) in [5, 5.41) is 0.957. The lowest BCUT2D eigenvalue weighted by atomic mass is 10.0. The van der Waals surface area contributed by atoms with Crippen molar-refractivity contribution in [3.63, 3.8) is 0 Å². The van der Waals surface area contributed by atoms with E-state index in [1.165, 1.54) is 0 Å². The number of hydrogen-bond donors (Lipinski definition) is 2. The minimum Gasteiger partial charge on any atom is -0.451 e. The minimum atomic E-state index is -0.396. The summed E-state index contributed by atoms with van der Waals surface area (Å²) >= 11 is 0. The number of hydrazine groups is 1. The lowest BCUT2D eigenvalue weighted by Crippen LogP contribution is -2.34. The molecule has 1 heterocycles. The Balaban J connectivity index is 2.43. The van der Waals surface area contributed by atoms with Crippen LogP contribution in [0.2, 0.25) is 0 Å². The molecule has 5 heteroatoms. The number of nitrogen functional groups attached to an aromatic ring is 1. The summed E-state index contributed by atoms with van der Waals surface area (Å²) < 4.78 is 5.67. The van der Waals surface area contributed by atoms with E-state index < -0.39 is 5.91 Å². The van der Waals surface area contributed by atoms with Crippen molar-refractivity contribution in [2.45, 2.75) is 33.4 Å². The van der Waals surface area contributed by atoms with Gasteiger partial charge in [0.05, 0.1) is 0 Å². The number of rotatable bonds is 5. The normalized spacial score (nSPS) is 13.1. The molecule has 0 aliphatic rings. The van der Waals surface area contributed by atoms with Gasteiger partial charge in [-0.15, -0.1) is 0 Å². The lowest BCUT2D eigenvalue weighted by Gasteiger charge is -2.27. The van der Waals surface area contributed by atoms with Gasteiger partial charge >= 0.3 is 5.91 Å². The number of hydrogen-bond acceptors (Lipinski definition) is 4. The van der Waals surface area contributed by atoms with Crippen LogP contribution in [0.4, 0.5) is 0 Å². The smallest absolute Gasteiger partial charge is 0.301 e. The number of amides is 1. The first-order chi connectivity index (χ1) is 9.95. The molecule has 21 heavy (non-hydrogen) atoms. The van der Waals surface area contributed by atoms with E-state index in [1.54, 1.807) is 0 Å². The third-order valence-electron chi connectivity index (χ3n) is 4.10. The van der Waals surface area contributed by atoms with Gasteiger partial charge in [0, 0.05) is 23.5 Å². The van der Waals surface area contributed by atoms with Crippen molar-refractivity contribution in [1.82, 2.24) is 10.3 Å². The van der Waals surface area contributed by atoms with Crippen LogP contribution in [-0.4, -0.2) is 23.9 Å². The average Bonchev–Trinajstić information content (AvgIpc) is 2.84. The predicted octanol–water partition coefficient (Wildman–Crippen LogP) is 2.51. The van der Waals surface area contributed by atoms with E-state index in [9.17, 15) is 4.79 Å². The molecule has 0 bridgehead atoms. The summed E-state index contributed by atoms with van der Waals surface area (Å²) in [4.78, 5) is 14.2. The van der Waals surface area contributed by atoms with E-state index in [0.29, 0.717) is 29.8 Å². The third kappa shape index (κ3) is 3.09. The van der Waals surface area contributed by atoms with Crippen molar-refractivity contribution in [1.29, 1.82) is 0 Å². The SMILES string of the molecule is CC(C)C(C)N(C)Cc1c(C(=O)NN)oc2ccccc12. The van der Waals surface area contributed by atoms with Crippen LogP contribution >= 0.6 is 0 Å². The first kappa shape index (κ1) is 15.5. The summed E-state index contributed by atoms with van der Waals surface area (Å²) in [5.74, 6) is 5.68. The summed E-state index contributed by atoms with van der Waals surface area (Å²) in [7, 11) is 2.05. The van der Waals surface area contributed by atoms with Gasteiger partial charge in [0.25, 0.3) is 0 Å². The van der Waals surface area contributed by atoms with Gasteiger partial charge in [-0.1, -0.05) is 32.0 Å². The summed E-state index contributed by atoms with van der Waals surface area (Å²) in [6, 6.07) is 8.05. The van der Waals surface area contributed by atoms with Crippen LogP contribution < -0.4 is 11.3 Å². The second-order valence-corrected chi connectivity index (χ2v) is 5.78. The van der Waals surface area contributed by atoms with Crippen LogP contribution in [0, 0.1) is 5.92 Å². The number of carbonyl (C=O) groups excluding carboxylic acids is 1. The molecular formula is C16H23N3O2. The maximum Gasteiger partial charge on any atom is 0.301 e. The van der Waals surface area contributed by atoms with E-state index >= 15 is 0 Å². The highest BCUT2D eigenvalue weighted by atomic mass is 16.3. The van der Waals surface area contributed by atoms with Gasteiger partial charge in [-0.2, -0.15) is 0 Å². The monoisotopic (exact) mass is 289 g/mol. The lowest BCUT2D eigenvalue weighted by molar-refractivity contribution is 0.0924. The summed E-state index contributed by atoms with van der Waals surface area (Å²) in [6.45, 7) is 7.18. The van der Waals surface area contributed by atoms with Crippen LogP contribution in [0.15, 0.2) is 28.7 Å². The molecule has 2 rings (SSSR count). The van der Waals surface area contributed by atoms with Crippen molar-refractivity contribution < 1.29 is 9.21 Å². The van der Waals surface area contributed by atoms with E-state index in [-0.39, 0.29) is 0 Å². The molecule has 0 saturated heterocycles. The number of benzene rings is 1. The van der Waals surface area contributed by atoms with Crippen LogP contribution in [0.25, 0.3) is 11.0 Å². The zero-order valence-corrected chi connectivity index (χ0v) is 13.0. The number of nitrogens with one attached hydrogen (secondary N) is 1. The van der Waals surface area contributed by atoms with E-state index in [1.807, 2.05) is 24.3 Å². The Bertz CT molecular complexity index is 633. The molecule has 0 aliphatic carbocycles. The maximum atomic E-state index is 11.9. The molecule has 0 fully saturated rings. The van der Waals surface area contributed by atoms with Crippen LogP contribution in [-0.2, 0) is 6.54 Å². The largest absolute Gasteiger partial charge is 0.451 e. The van der Waals surface area contributed by atoms with Gasteiger partial charge in [0.1, 0.15) is 5.58 Å². The topological polar surface area (TPSA) is 71.5 Å². The van der Waals surface area contributed by atoms with Crippen molar-refractivity contribution >= 4 is 16.9 Å². The third-order valence-corrected chi connectivity index (χ3v) is 4.10. The highest BCUT2D eigenvalue weighted by Gasteiger charge is 2.23. The Labute approximate surface area is 125 Å². The highest BCUT2D eigenvalue weighted by Crippen LogP contribution is 2.27. The van der Waals surface area contributed by atoms with Crippen molar-refractivity contribution in [2.75, 3.05) is 7.05 Å². The average molecular weight is 289 g/mol. The number of nitrogens with zero attached hydrogens (tertiary/aromatic N) is 1. The molecule has 1 aromatic carbocycles. The molecule has 0 saturated carbocycles. The quantitative estimate of drug-likeness (QED) is 0.504. The van der Waals surface area contributed by atoms with E-state index in [2.05, 4.69) is 38.1 Å². The number of furan rings is 1. The Kier molecular flexibility index (Phi) is 4.65. The van der Waals surface area contributed by atoms with Gasteiger partial charge in [-0.3, -0.25) is 15.1 Å². The molecule has 3 N–H and O–H groups in total. The molecule has 0 aliphatic heterocycles. The van der Waals surface area contributed by atoms with Crippen molar-refractivity contribution in [3.8, 4) is 0 Å². The Hall–Kier alpha value is -1.85. The fourth-order valence-corrected chi connectivity index (χ4v) is 2.41. The van der Waals surface area contributed by atoms with Gasteiger partial charge in [-0.25, -0.2) is 5.84 Å². The molecule has 1 atom stereocenters. The molecule has 1 amide bonds. The molecule has 5 nitrogen and oxygen atoms in total. The minimum absolute atomic E-state index is 0.293. The van der Waals surface area contributed by atoms with Gasteiger partial charge < -0.3 is 4.42 Å². The molecule has 0 spiro atoms. The second kappa shape index (κ2) is 6.28. The highest BCUT2D eigenvalue weighted by molar-refractivity contribution is 5.98. The Morgan fingerprint density at radius 1 is 1.33 bits per heavy atom. The first-order valence-corrected chi connectivity index (χ1v) is 7.17. The standard InChI is InChI=1S/C16H23N3O2/c1-10(2)11(3)19(4)9-13-12-7-5-6-8-14(12)21-15(13)16(20)18-17/h5-8,10-11H,9,17H2,1-4H3,(H,18,20). The van der Waals surface area contributed by atoms with Crippen LogP contribution in [0.1, 0.15) is 36.9 Å². The molecule has 114 valence electrons. The van der Waals surface area contributed by atoms with Crippen molar-refractivity contribution in [3.05, 3.63) is 35.6 Å². The van der Waals surface area contributed by atoms with Gasteiger partial charge in [0.15, 0.2) is 5.76 Å². The fraction of sp³-hybridized carbons (Fsp3) is 0.438. The number of fused-ring (bicyclic) bond motifs is 1. The Morgan fingerprint density at radius 3 is 2.62 bits per heavy atom. The van der Waals surface area contributed by atoms with E-state index in [4.69, 9.17) is 10.3 Å². The molecule has 1 unspecified atom stereocenters. The summed E-state index contributed by atoms with van der Waals surface area (Å²) in [6.07, 6.45) is 0. The molecule has 2 aromatic rings. The molecule has 0 radical (unpaired) electrons. The molecule has 1 aromatic heterocycles. The van der Waals surface area contributed by atoms with Gasteiger partial charge in [0.2, 0.25) is 0 Å². The molecular weight excluding hydrogens is 266 g/mol. The van der Waals surface area contributed by atoms with E-state index in [0.717, 1.165) is 10.9 Å². The maximum absolute atomic E-state index is 11.9. The Morgan fingerprint density at radius 2 is 2.00 bits per heavy atom. The van der Waals surface area contributed by atoms with Crippen molar-refractivity contribution in [2.24, 2.45) is 11.8 Å². The first-order valence-electron chi connectivity index (χ1n) is 7.17. The van der Waals surface area contributed by atoms with Crippen LogP contribution in [0.3, 0.4) is 0 Å². The number of nitrogens with two attached hydrogens (primary N) is 1.